The van der Waals surface area contributed by atoms with Gasteiger partial charge in [0.1, 0.15) is 0 Å². The van der Waals surface area contributed by atoms with Crippen molar-refractivity contribution in [3.05, 3.63) is 24.3 Å². The van der Waals surface area contributed by atoms with Gasteiger partial charge in [-0.2, -0.15) is 4.98 Å². The summed E-state index contributed by atoms with van der Waals surface area (Å²) in [5, 5.41) is 3.87. The number of hydrogen-bond donors (Lipinski definition) is 1. The van der Waals surface area contributed by atoms with E-state index in [1.807, 2.05) is 0 Å². The molecule has 0 saturated heterocycles. The summed E-state index contributed by atoms with van der Waals surface area (Å²) in [5.41, 5.74) is 5.68. The molecule has 0 aromatic carbocycles. The van der Waals surface area contributed by atoms with E-state index in [2.05, 4.69) is 24.0 Å². The van der Waals surface area contributed by atoms with Gasteiger partial charge in [0.2, 0.25) is 11.7 Å². The fourth-order valence-electron chi connectivity index (χ4n) is 1.55. The summed E-state index contributed by atoms with van der Waals surface area (Å²) in [5.74, 6) is 2.11. The van der Waals surface area contributed by atoms with Crippen LogP contribution in [-0.2, 0) is 0 Å². The first kappa shape index (κ1) is 10.9. The third kappa shape index (κ3) is 1.99. The standard InChI is InChI=1S/C11H15N3O2/c1-7(2)8(6-12)11-13-10(14-16-11)9-4-3-5-15-9/h3-5,7-8H,6,12H2,1-2H3. The highest BCUT2D eigenvalue weighted by Gasteiger charge is 2.21. The molecule has 0 saturated carbocycles. The molecule has 2 heterocycles. The molecule has 0 spiro atoms. The first-order chi connectivity index (χ1) is 7.72. The van der Waals surface area contributed by atoms with E-state index in [-0.39, 0.29) is 5.92 Å². The minimum absolute atomic E-state index is 0.0937. The zero-order valence-electron chi connectivity index (χ0n) is 9.38. The summed E-state index contributed by atoms with van der Waals surface area (Å²) in [6.45, 7) is 4.65. The van der Waals surface area contributed by atoms with Crippen molar-refractivity contribution in [2.45, 2.75) is 19.8 Å². The Labute approximate surface area is 93.6 Å². The highest BCUT2D eigenvalue weighted by molar-refractivity contribution is 5.44. The van der Waals surface area contributed by atoms with Gasteiger partial charge in [-0.1, -0.05) is 19.0 Å². The zero-order valence-corrected chi connectivity index (χ0v) is 9.38. The number of furan rings is 1. The fraction of sp³-hybridized carbons (Fsp3) is 0.455. The Morgan fingerprint density at radius 2 is 2.25 bits per heavy atom. The van der Waals surface area contributed by atoms with E-state index in [1.165, 1.54) is 0 Å². The van der Waals surface area contributed by atoms with Crippen molar-refractivity contribution in [3.8, 4) is 11.6 Å². The van der Waals surface area contributed by atoms with E-state index in [4.69, 9.17) is 14.7 Å². The molecule has 2 N–H and O–H groups in total. The molecule has 1 atom stereocenters. The zero-order chi connectivity index (χ0) is 11.5. The van der Waals surface area contributed by atoms with Crippen LogP contribution in [0, 0.1) is 5.92 Å². The van der Waals surface area contributed by atoms with Gasteiger partial charge in [0.15, 0.2) is 5.76 Å². The lowest BCUT2D eigenvalue weighted by molar-refractivity contribution is 0.324. The molecule has 0 bridgehead atoms. The lowest BCUT2D eigenvalue weighted by atomic mass is 9.96. The first-order valence-electron chi connectivity index (χ1n) is 5.30. The van der Waals surface area contributed by atoms with Crippen LogP contribution in [0.1, 0.15) is 25.7 Å². The lowest BCUT2D eigenvalue weighted by Crippen LogP contribution is -2.18. The van der Waals surface area contributed by atoms with E-state index in [9.17, 15) is 0 Å². The Balaban J connectivity index is 2.25. The molecule has 5 heteroatoms. The van der Waals surface area contributed by atoms with Crippen LogP contribution in [0.15, 0.2) is 27.3 Å². The van der Waals surface area contributed by atoms with Crippen molar-refractivity contribution >= 4 is 0 Å². The van der Waals surface area contributed by atoms with Crippen molar-refractivity contribution in [3.63, 3.8) is 0 Å². The second-order valence-corrected chi connectivity index (χ2v) is 4.02. The summed E-state index contributed by atoms with van der Waals surface area (Å²) >= 11 is 0. The van der Waals surface area contributed by atoms with E-state index in [1.54, 1.807) is 18.4 Å². The van der Waals surface area contributed by atoms with Gasteiger partial charge in [-0.3, -0.25) is 0 Å². The van der Waals surface area contributed by atoms with Gasteiger partial charge in [0, 0.05) is 6.54 Å². The molecule has 0 aliphatic rings. The van der Waals surface area contributed by atoms with Gasteiger partial charge in [0.05, 0.1) is 12.2 Å². The smallest absolute Gasteiger partial charge is 0.238 e. The minimum atomic E-state index is 0.0937. The van der Waals surface area contributed by atoms with Crippen molar-refractivity contribution in [2.75, 3.05) is 6.54 Å². The molecular weight excluding hydrogens is 206 g/mol. The molecular formula is C11H15N3O2. The van der Waals surface area contributed by atoms with Crippen LogP contribution < -0.4 is 5.73 Å². The third-order valence-corrected chi connectivity index (χ3v) is 2.56. The van der Waals surface area contributed by atoms with Crippen LogP contribution >= 0.6 is 0 Å². The maximum Gasteiger partial charge on any atom is 0.238 e. The maximum atomic E-state index is 5.68. The van der Waals surface area contributed by atoms with Crippen LogP contribution in [0.4, 0.5) is 0 Å². The molecule has 2 rings (SSSR count). The molecule has 1 unspecified atom stereocenters. The number of nitrogens with zero attached hydrogens (tertiary/aromatic N) is 2. The number of rotatable bonds is 4. The summed E-state index contributed by atoms with van der Waals surface area (Å²) < 4.78 is 10.4. The number of aromatic nitrogens is 2. The van der Waals surface area contributed by atoms with E-state index in [0.717, 1.165) is 0 Å². The maximum absolute atomic E-state index is 5.68. The summed E-state index contributed by atoms with van der Waals surface area (Å²) in [6.07, 6.45) is 1.58. The predicted molar refractivity (Wildman–Crippen MR) is 58.6 cm³/mol. The normalized spacial score (nSPS) is 13.2. The van der Waals surface area contributed by atoms with Crippen LogP contribution in [0.3, 0.4) is 0 Å². The summed E-state index contributed by atoms with van der Waals surface area (Å²) in [4.78, 5) is 4.29. The molecule has 0 aliphatic heterocycles. The number of nitrogens with two attached hydrogens (primary N) is 1. The highest BCUT2D eigenvalue weighted by Crippen LogP contribution is 2.24. The summed E-state index contributed by atoms with van der Waals surface area (Å²) in [6, 6.07) is 3.58. The average Bonchev–Trinajstić information content (AvgIpc) is 2.86. The molecule has 86 valence electrons. The van der Waals surface area contributed by atoms with E-state index < -0.39 is 0 Å². The second kappa shape index (κ2) is 4.49. The quantitative estimate of drug-likeness (QED) is 0.854. The van der Waals surface area contributed by atoms with Crippen molar-refractivity contribution in [2.24, 2.45) is 11.7 Å². The Bertz CT molecular complexity index is 434. The van der Waals surface area contributed by atoms with Crippen LogP contribution in [-0.4, -0.2) is 16.7 Å². The second-order valence-electron chi connectivity index (χ2n) is 4.02. The Hall–Kier alpha value is -1.62. The van der Waals surface area contributed by atoms with Crippen molar-refractivity contribution in [1.29, 1.82) is 0 Å². The SMILES string of the molecule is CC(C)C(CN)c1nc(-c2ccco2)no1. The van der Waals surface area contributed by atoms with Crippen LogP contribution in [0.2, 0.25) is 0 Å². The summed E-state index contributed by atoms with van der Waals surface area (Å²) in [7, 11) is 0. The molecule has 0 amide bonds. The van der Waals surface area contributed by atoms with Gasteiger partial charge in [-0.25, -0.2) is 0 Å². The highest BCUT2D eigenvalue weighted by atomic mass is 16.5. The molecule has 5 nitrogen and oxygen atoms in total. The third-order valence-electron chi connectivity index (χ3n) is 2.56. The Kier molecular flexibility index (Phi) is 3.05. The molecule has 2 aromatic rings. The monoisotopic (exact) mass is 221 g/mol. The average molecular weight is 221 g/mol. The molecule has 0 aliphatic carbocycles. The lowest BCUT2D eigenvalue weighted by Gasteiger charge is -2.12. The van der Waals surface area contributed by atoms with Gasteiger partial charge >= 0.3 is 0 Å². The van der Waals surface area contributed by atoms with Crippen LogP contribution in [0.5, 0.6) is 0 Å². The predicted octanol–water partition coefficient (Wildman–Crippen LogP) is 2.03. The van der Waals surface area contributed by atoms with Gasteiger partial charge in [0.25, 0.3) is 0 Å². The van der Waals surface area contributed by atoms with Crippen LogP contribution in [0.25, 0.3) is 11.6 Å². The molecule has 16 heavy (non-hydrogen) atoms. The van der Waals surface area contributed by atoms with E-state index in [0.29, 0.717) is 29.9 Å². The molecule has 2 aromatic heterocycles. The van der Waals surface area contributed by atoms with Crippen molar-refractivity contribution in [1.82, 2.24) is 10.1 Å². The van der Waals surface area contributed by atoms with Gasteiger partial charge in [-0.05, 0) is 18.1 Å². The number of hydrogen-bond acceptors (Lipinski definition) is 5. The van der Waals surface area contributed by atoms with Gasteiger partial charge < -0.3 is 14.7 Å². The van der Waals surface area contributed by atoms with Crippen molar-refractivity contribution < 1.29 is 8.94 Å². The first-order valence-corrected chi connectivity index (χ1v) is 5.30. The molecule has 0 radical (unpaired) electrons. The Morgan fingerprint density at radius 1 is 1.44 bits per heavy atom. The minimum Gasteiger partial charge on any atom is -0.461 e. The topological polar surface area (TPSA) is 78.1 Å². The largest absolute Gasteiger partial charge is 0.461 e. The molecule has 0 fully saturated rings. The van der Waals surface area contributed by atoms with E-state index >= 15 is 0 Å². The Morgan fingerprint density at radius 3 is 2.81 bits per heavy atom. The van der Waals surface area contributed by atoms with Gasteiger partial charge in [-0.15, -0.1) is 0 Å². The fourth-order valence-corrected chi connectivity index (χ4v) is 1.55.